The van der Waals surface area contributed by atoms with Crippen LogP contribution in [0.3, 0.4) is 0 Å². The van der Waals surface area contributed by atoms with Gasteiger partial charge >= 0.3 is 0 Å². The third kappa shape index (κ3) is 2.91. The molecule has 1 aromatic heterocycles. The van der Waals surface area contributed by atoms with E-state index >= 15 is 0 Å². The van der Waals surface area contributed by atoms with E-state index in [1.807, 2.05) is 6.07 Å². The number of Topliss-reactive ketones (excluding diaryl/α,β-unsaturated/α-hetero) is 1. The van der Waals surface area contributed by atoms with E-state index in [0.29, 0.717) is 6.42 Å². The fraction of sp³-hybridized carbons (Fsp3) is 0.357. The number of carbonyl (C=O) groups excluding carboxylic acids is 1. The number of halogens is 1. The second kappa shape index (κ2) is 5.41. The van der Waals surface area contributed by atoms with Crippen LogP contribution in [-0.4, -0.2) is 5.78 Å². The lowest BCUT2D eigenvalue weighted by Crippen LogP contribution is -1.94. The largest absolute Gasteiger partial charge is 0.293 e. The Labute approximate surface area is 104 Å². The van der Waals surface area contributed by atoms with Crippen LogP contribution in [0.2, 0.25) is 0 Å². The fourth-order valence-electron chi connectivity index (χ4n) is 1.80. The van der Waals surface area contributed by atoms with Crippen molar-refractivity contribution in [3.05, 3.63) is 35.0 Å². The Balaban J connectivity index is 2.15. The van der Waals surface area contributed by atoms with Gasteiger partial charge in [-0.3, -0.25) is 4.79 Å². The zero-order valence-corrected chi connectivity index (χ0v) is 10.6. The number of unbranched alkanes of at least 4 members (excludes halogenated alkanes) is 2. The van der Waals surface area contributed by atoms with E-state index in [9.17, 15) is 9.18 Å². The number of carbonyl (C=O) groups is 1. The zero-order valence-electron chi connectivity index (χ0n) is 9.83. The number of ketones is 1. The van der Waals surface area contributed by atoms with E-state index in [1.165, 1.54) is 23.5 Å². The second-order valence-corrected chi connectivity index (χ2v) is 5.26. The summed E-state index contributed by atoms with van der Waals surface area (Å²) in [5.74, 6) is -0.0654. The molecule has 3 heteroatoms. The van der Waals surface area contributed by atoms with Crippen molar-refractivity contribution < 1.29 is 9.18 Å². The van der Waals surface area contributed by atoms with Crippen molar-refractivity contribution in [2.75, 3.05) is 0 Å². The van der Waals surface area contributed by atoms with Gasteiger partial charge in [-0.05, 0) is 30.0 Å². The molecule has 0 radical (unpaired) electrons. The highest BCUT2D eigenvalue weighted by molar-refractivity contribution is 7.20. The van der Waals surface area contributed by atoms with Crippen LogP contribution >= 0.6 is 11.3 Å². The SMILES string of the molecule is CCCCCC(=O)c1cc2ccc(F)cc2s1. The highest BCUT2D eigenvalue weighted by Crippen LogP contribution is 2.27. The van der Waals surface area contributed by atoms with Crippen molar-refractivity contribution in [2.24, 2.45) is 0 Å². The van der Waals surface area contributed by atoms with E-state index < -0.39 is 0 Å². The summed E-state index contributed by atoms with van der Waals surface area (Å²) in [4.78, 5) is 12.6. The number of benzene rings is 1. The lowest BCUT2D eigenvalue weighted by Gasteiger charge is -1.95. The summed E-state index contributed by atoms with van der Waals surface area (Å²) in [5, 5.41) is 0.954. The molecule has 1 nitrogen and oxygen atoms in total. The molecule has 1 heterocycles. The van der Waals surface area contributed by atoms with Crippen LogP contribution in [0.25, 0.3) is 10.1 Å². The molecular weight excluding hydrogens is 235 g/mol. The average Bonchev–Trinajstić information content (AvgIpc) is 2.72. The van der Waals surface area contributed by atoms with Crippen LogP contribution in [-0.2, 0) is 0 Å². The molecule has 17 heavy (non-hydrogen) atoms. The standard InChI is InChI=1S/C14H15FOS/c1-2-3-4-5-12(16)14-8-10-6-7-11(15)9-13(10)17-14/h6-9H,2-5H2,1H3. The first-order chi connectivity index (χ1) is 8.20. The van der Waals surface area contributed by atoms with Gasteiger partial charge in [0.2, 0.25) is 0 Å². The summed E-state index contributed by atoms with van der Waals surface area (Å²) in [6.45, 7) is 2.12. The number of fused-ring (bicyclic) bond motifs is 1. The molecule has 90 valence electrons. The second-order valence-electron chi connectivity index (χ2n) is 4.17. The maximum atomic E-state index is 13.0. The highest BCUT2D eigenvalue weighted by atomic mass is 32.1. The van der Waals surface area contributed by atoms with E-state index in [-0.39, 0.29) is 11.6 Å². The average molecular weight is 250 g/mol. The van der Waals surface area contributed by atoms with Gasteiger partial charge in [0.1, 0.15) is 5.82 Å². The van der Waals surface area contributed by atoms with Crippen LogP contribution in [0, 0.1) is 5.82 Å². The van der Waals surface area contributed by atoms with Crippen molar-refractivity contribution >= 4 is 27.2 Å². The molecule has 0 aliphatic rings. The van der Waals surface area contributed by atoms with Gasteiger partial charge in [0.15, 0.2) is 5.78 Å². The topological polar surface area (TPSA) is 17.1 Å². The molecule has 0 bridgehead atoms. The summed E-state index contributed by atoms with van der Waals surface area (Å²) in [5.41, 5.74) is 0. The van der Waals surface area contributed by atoms with Crippen LogP contribution in [0.4, 0.5) is 4.39 Å². The minimum absolute atomic E-state index is 0.181. The lowest BCUT2D eigenvalue weighted by molar-refractivity contribution is 0.0983. The summed E-state index contributed by atoms with van der Waals surface area (Å²) in [6.07, 6.45) is 3.75. The Morgan fingerprint density at radius 3 is 2.88 bits per heavy atom. The van der Waals surface area contributed by atoms with Crippen molar-refractivity contribution in [3.63, 3.8) is 0 Å². The van der Waals surface area contributed by atoms with E-state index in [4.69, 9.17) is 0 Å². The molecule has 2 aromatic rings. The Bertz CT molecular complexity index is 530. The molecule has 0 saturated carbocycles. The Morgan fingerprint density at radius 1 is 1.29 bits per heavy atom. The Kier molecular flexibility index (Phi) is 3.89. The van der Waals surface area contributed by atoms with Crippen molar-refractivity contribution in [1.29, 1.82) is 0 Å². The first-order valence-corrected chi connectivity index (χ1v) is 6.74. The van der Waals surface area contributed by atoms with Gasteiger partial charge in [-0.15, -0.1) is 11.3 Å². The Hall–Kier alpha value is -1.22. The van der Waals surface area contributed by atoms with Crippen LogP contribution in [0.1, 0.15) is 42.3 Å². The number of hydrogen-bond donors (Lipinski definition) is 0. The molecule has 0 aliphatic carbocycles. The summed E-state index contributed by atoms with van der Waals surface area (Å²) >= 11 is 1.39. The smallest absolute Gasteiger partial charge is 0.172 e. The van der Waals surface area contributed by atoms with Gasteiger partial charge in [-0.1, -0.05) is 25.8 Å². The molecule has 0 atom stereocenters. The van der Waals surface area contributed by atoms with Crippen LogP contribution < -0.4 is 0 Å². The van der Waals surface area contributed by atoms with Crippen molar-refractivity contribution in [2.45, 2.75) is 32.6 Å². The molecule has 2 rings (SSSR count). The molecule has 0 amide bonds. The van der Waals surface area contributed by atoms with Gasteiger partial charge < -0.3 is 0 Å². The number of rotatable bonds is 5. The summed E-state index contributed by atoms with van der Waals surface area (Å²) in [6, 6.07) is 6.51. The van der Waals surface area contributed by atoms with E-state index in [2.05, 4.69) is 6.92 Å². The third-order valence-corrected chi connectivity index (χ3v) is 3.90. The Morgan fingerprint density at radius 2 is 2.12 bits per heavy atom. The normalized spacial score (nSPS) is 10.9. The fourth-order valence-corrected chi connectivity index (χ4v) is 2.86. The molecular formula is C14H15FOS. The first-order valence-electron chi connectivity index (χ1n) is 5.93. The number of thiophene rings is 1. The van der Waals surface area contributed by atoms with Gasteiger partial charge in [0.25, 0.3) is 0 Å². The first kappa shape index (κ1) is 12.2. The van der Waals surface area contributed by atoms with Gasteiger partial charge in [-0.25, -0.2) is 4.39 Å². The van der Waals surface area contributed by atoms with Crippen molar-refractivity contribution in [1.82, 2.24) is 0 Å². The monoisotopic (exact) mass is 250 g/mol. The summed E-state index contributed by atoms with van der Waals surface area (Å²) < 4.78 is 13.9. The number of hydrogen-bond acceptors (Lipinski definition) is 2. The van der Waals surface area contributed by atoms with E-state index in [0.717, 1.165) is 34.2 Å². The van der Waals surface area contributed by atoms with Gasteiger partial charge in [0, 0.05) is 11.1 Å². The van der Waals surface area contributed by atoms with E-state index in [1.54, 1.807) is 6.07 Å². The van der Waals surface area contributed by atoms with Crippen molar-refractivity contribution in [3.8, 4) is 0 Å². The molecule has 0 N–H and O–H groups in total. The minimum atomic E-state index is -0.246. The minimum Gasteiger partial charge on any atom is -0.293 e. The maximum absolute atomic E-state index is 13.0. The maximum Gasteiger partial charge on any atom is 0.172 e. The van der Waals surface area contributed by atoms with Crippen LogP contribution in [0.5, 0.6) is 0 Å². The molecule has 1 aromatic carbocycles. The van der Waals surface area contributed by atoms with Gasteiger partial charge in [0.05, 0.1) is 4.88 Å². The highest BCUT2D eigenvalue weighted by Gasteiger charge is 2.10. The predicted molar refractivity (Wildman–Crippen MR) is 70.3 cm³/mol. The molecule has 0 saturated heterocycles. The lowest BCUT2D eigenvalue weighted by atomic mass is 10.1. The molecule has 0 aliphatic heterocycles. The molecule has 0 unspecified atom stereocenters. The molecule has 0 fully saturated rings. The summed E-state index contributed by atoms with van der Waals surface area (Å²) in [7, 11) is 0. The third-order valence-electron chi connectivity index (χ3n) is 2.76. The van der Waals surface area contributed by atoms with Crippen LogP contribution in [0.15, 0.2) is 24.3 Å². The van der Waals surface area contributed by atoms with Gasteiger partial charge in [-0.2, -0.15) is 0 Å². The predicted octanol–water partition coefficient (Wildman–Crippen LogP) is 4.80. The quantitative estimate of drug-likeness (QED) is 0.550. The molecule has 0 spiro atoms. The zero-order chi connectivity index (χ0) is 12.3.